The Morgan fingerprint density at radius 2 is 1.04 bits per heavy atom. The zero-order valence-corrected chi connectivity index (χ0v) is 37.2. The maximum Gasteiger partial charge on any atom is 0.472 e. The van der Waals surface area contributed by atoms with Gasteiger partial charge >= 0.3 is 13.8 Å². The van der Waals surface area contributed by atoms with Gasteiger partial charge in [-0.3, -0.25) is 13.8 Å². The van der Waals surface area contributed by atoms with Crippen LogP contribution in [0.1, 0.15) is 149 Å². The molecule has 56 heavy (non-hydrogen) atoms. The second-order valence-electron chi connectivity index (χ2n) is 15.3. The van der Waals surface area contributed by atoms with E-state index in [1.54, 1.807) is 0 Å². The van der Waals surface area contributed by atoms with E-state index in [9.17, 15) is 14.3 Å². The zero-order chi connectivity index (χ0) is 41.3. The van der Waals surface area contributed by atoms with Crippen molar-refractivity contribution in [2.24, 2.45) is 0 Å². The summed E-state index contributed by atoms with van der Waals surface area (Å²) in [4.78, 5) is 22.9. The highest BCUT2D eigenvalue weighted by molar-refractivity contribution is 7.47. The van der Waals surface area contributed by atoms with Crippen LogP contribution in [-0.2, 0) is 27.9 Å². The maximum absolute atomic E-state index is 12.7. The van der Waals surface area contributed by atoms with E-state index in [4.69, 9.17) is 18.5 Å². The van der Waals surface area contributed by atoms with Crippen LogP contribution in [0.3, 0.4) is 0 Å². The Bertz CT molecular complexity index is 1170. The molecule has 322 valence electrons. The maximum atomic E-state index is 12.7. The molecule has 0 spiro atoms. The topological polar surface area (TPSA) is 91.3 Å². The lowest BCUT2D eigenvalue weighted by atomic mass is 10.1. The highest BCUT2D eigenvalue weighted by Gasteiger charge is 2.26. The smallest absolute Gasteiger partial charge is 0.457 e. The third-order valence-electron chi connectivity index (χ3n) is 8.69. The normalized spacial score (nSPS) is 14.6. The van der Waals surface area contributed by atoms with Crippen molar-refractivity contribution in [1.82, 2.24) is 0 Å². The van der Waals surface area contributed by atoms with Crippen LogP contribution in [0.25, 0.3) is 0 Å². The van der Waals surface area contributed by atoms with E-state index in [1.165, 1.54) is 57.8 Å². The number of esters is 1. The van der Waals surface area contributed by atoms with Gasteiger partial charge in [0.05, 0.1) is 34.4 Å². The molecule has 0 bridgehead atoms. The standard InChI is InChI=1S/C47H82NO7P/c1-6-8-10-12-14-16-18-20-21-22-23-24-25-26-27-28-30-32-34-36-38-40-47(49)55-46(45-54-56(50,51)53-43-41-48(3,4)5)44-52-42-39-37-35-33-31-29-19-17-15-13-11-9-7-2/h8,10,14-17,20-21,23-24,26-27,30,32,46H,6-7,9,11-13,18-19,22,25,28-29,31,33-45H2,1-5H3/p+1/b10-8-,16-14-,17-15-,21-20-,24-23-,27-26-,32-30-. The van der Waals surface area contributed by atoms with Gasteiger partial charge in [-0.1, -0.05) is 137 Å². The second kappa shape index (κ2) is 39.5. The van der Waals surface area contributed by atoms with Crippen molar-refractivity contribution in [1.29, 1.82) is 0 Å². The van der Waals surface area contributed by atoms with Crippen molar-refractivity contribution in [3.05, 3.63) is 85.1 Å². The van der Waals surface area contributed by atoms with Crippen LogP contribution in [0, 0.1) is 0 Å². The number of unbranched alkanes of at least 4 members (excludes halogenated alkanes) is 11. The van der Waals surface area contributed by atoms with Crippen LogP contribution in [0.4, 0.5) is 0 Å². The molecule has 0 radical (unpaired) electrons. The highest BCUT2D eigenvalue weighted by atomic mass is 31.2. The quantitative estimate of drug-likeness (QED) is 0.0217. The van der Waals surface area contributed by atoms with Gasteiger partial charge in [-0.25, -0.2) is 4.57 Å². The Hall–Kier alpha value is -2.32. The summed E-state index contributed by atoms with van der Waals surface area (Å²) in [7, 11) is 1.62. The molecule has 0 heterocycles. The monoisotopic (exact) mass is 805 g/mol. The number of quaternary nitrogens is 1. The number of hydrogen-bond acceptors (Lipinski definition) is 6. The van der Waals surface area contributed by atoms with E-state index < -0.39 is 13.9 Å². The number of carbonyl (C=O) groups is 1. The van der Waals surface area contributed by atoms with E-state index in [-0.39, 0.29) is 32.2 Å². The first-order chi connectivity index (χ1) is 27.1. The molecule has 0 saturated carbocycles. The number of allylic oxidation sites excluding steroid dienone is 14. The van der Waals surface area contributed by atoms with Crippen LogP contribution in [-0.4, -0.2) is 75.6 Å². The Morgan fingerprint density at radius 1 is 0.571 bits per heavy atom. The van der Waals surface area contributed by atoms with Crippen molar-refractivity contribution in [3.63, 3.8) is 0 Å². The molecule has 8 nitrogen and oxygen atoms in total. The van der Waals surface area contributed by atoms with Gasteiger partial charge in [0.15, 0.2) is 0 Å². The lowest BCUT2D eigenvalue weighted by Crippen LogP contribution is -2.37. The summed E-state index contributed by atoms with van der Waals surface area (Å²) >= 11 is 0. The Kier molecular flexibility index (Phi) is 37.9. The lowest BCUT2D eigenvalue weighted by Gasteiger charge is -2.24. The Morgan fingerprint density at radius 3 is 1.57 bits per heavy atom. The van der Waals surface area contributed by atoms with Gasteiger partial charge in [0.2, 0.25) is 0 Å². The predicted octanol–water partition coefficient (Wildman–Crippen LogP) is 12.9. The SMILES string of the molecule is CC/C=C\C/C=C\C/C=C\C/C=C\C/C=C\C/C=C\CCCCC(=O)OC(COCCCCCCCC/C=C\CCCCC)COP(=O)(O)OCC[N+](C)(C)C. The number of likely N-dealkylation sites (N-methyl/N-ethyl adjacent to an activating group) is 1. The van der Waals surface area contributed by atoms with Crippen molar-refractivity contribution >= 4 is 13.8 Å². The third kappa shape index (κ3) is 42.8. The first-order valence-corrected chi connectivity index (χ1v) is 23.3. The fourth-order valence-corrected chi connectivity index (χ4v) is 6.05. The summed E-state index contributed by atoms with van der Waals surface area (Å²) in [6.07, 6.45) is 51.9. The molecule has 0 rings (SSSR count). The number of phosphoric ester groups is 1. The molecule has 0 aromatic carbocycles. The van der Waals surface area contributed by atoms with Gasteiger partial charge < -0.3 is 18.9 Å². The average Bonchev–Trinajstić information content (AvgIpc) is 3.15. The first-order valence-electron chi connectivity index (χ1n) is 21.8. The van der Waals surface area contributed by atoms with Crippen molar-refractivity contribution in [3.8, 4) is 0 Å². The number of carbonyl (C=O) groups excluding carboxylic acids is 1. The number of nitrogens with zero attached hydrogens (tertiary/aromatic N) is 1. The van der Waals surface area contributed by atoms with E-state index in [1.807, 2.05) is 21.1 Å². The number of ether oxygens (including phenoxy) is 2. The average molecular weight is 805 g/mol. The lowest BCUT2D eigenvalue weighted by molar-refractivity contribution is -0.870. The Labute approximate surface area is 344 Å². The molecule has 0 aliphatic rings. The summed E-state index contributed by atoms with van der Waals surface area (Å²) in [5.74, 6) is -0.362. The van der Waals surface area contributed by atoms with E-state index in [2.05, 4.69) is 98.9 Å². The molecule has 0 aliphatic heterocycles. The fraction of sp³-hybridized carbons (Fsp3) is 0.681. The molecule has 0 aliphatic carbocycles. The van der Waals surface area contributed by atoms with Crippen LogP contribution in [0.5, 0.6) is 0 Å². The number of hydrogen-bond donors (Lipinski definition) is 1. The van der Waals surface area contributed by atoms with Crippen molar-refractivity contribution in [2.45, 2.75) is 155 Å². The Balaban J connectivity index is 4.36. The van der Waals surface area contributed by atoms with Crippen LogP contribution in [0.2, 0.25) is 0 Å². The summed E-state index contributed by atoms with van der Waals surface area (Å²) in [5, 5.41) is 0. The van der Waals surface area contributed by atoms with Crippen molar-refractivity contribution in [2.75, 3.05) is 54.1 Å². The molecule has 0 amide bonds. The minimum Gasteiger partial charge on any atom is -0.457 e. The van der Waals surface area contributed by atoms with Crippen LogP contribution < -0.4 is 0 Å². The molecule has 0 aromatic heterocycles. The van der Waals surface area contributed by atoms with Gasteiger partial charge in [-0.2, -0.15) is 0 Å². The van der Waals surface area contributed by atoms with E-state index in [0.29, 0.717) is 24.1 Å². The van der Waals surface area contributed by atoms with Gasteiger partial charge in [-0.05, 0) is 89.9 Å². The molecule has 0 fully saturated rings. The summed E-state index contributed by atoms with van der Waals surface area (Å²) in [6.45, 7) is 5.38. The molecular weight excluding hydrogens is 721 g/mol. The molecule has 9 heteroatoms. The number of phosphoric acid groups is 1. The molecule has 2 unspecified atom stereocenters. The van der Waals surface area contributed by atoms with Crippen LogP contribution >= 0.6 is 7.82 Å². The van der Waals surface area contributed by atoms with E-state index in [0.717, 1.165) is 64.2 Å². The van der Waals surface area contributed by atoms with E-state index >= 15 is 0 Å². The summed E-state index contributed by atoms with van der Waals surface area (Å²) < 4.78 is 34.9. The van der Waals surface area contributed by atoms with Gasteiger partial charge in [0.1, 0.15) is 19.3 Å². The summed E-state index contributed by atoms with van der Waals surface area (Å²) in [5.41, 5.74) is 0. The molecule has 0 aromatic rings. The van der Waals surface area contributed by atoms with Gasteiger partial charge in [-0.15, -0.1) is 0 Å². The molecule has 1 N–H and O–H groups in total. The zero-order valence-electron chi connectivity index (χ0n) is 36.3. The van der Waals surface area contributed by atoms with Gasteiger partial charge in [0.25, 0.3) is 0 Å². The third-order valence-corrected chi connectivity index (χ3v) is 9.67. The summed E-state index contributed by atoms with van der Waals surface area (Å²) in [6, 6.07) is 0. The minimum absolute atomic E-state index is 0.0742. The van der Waals surface area contributed by atoms with Gasteiger partial charge in [0, 0.05) is 13.0 Å². The molecule has 0 saturated heterocycles. The minimum atomic E-state index is -4.29. The second-order valence-corrected chi connectivity index (χ2v) is 16.8. The number of rotatable bonds is 39. The first kappa shape index (κ1) is 53.7. The highest BCUT2D eigenvalue weighted by Crippen LogP contribution is 2.43. The fourth-order valence-electron chi connectivity index (χ4n) is 5.31. The largest absolute Gasteiger partial charge is 0.472 e. The van der Waals surface area contributed by atoms with Crippen molar-refractivity contribution < 1.29 is 37.3 Å². The molecular formula is C47H83NO7P+. The van der Waals surface area contributed by atoms with Crippen LogP contribution in [0.15, 0.2) is 85.1 Å². The molecule has 2 atom stereocenters. The predicted molar refractivity (Wildman–Crippen MR) is 238 cm³/mol.